The highest BCUT2D eigenvalue weighted by molar-refractivity contribution is 7.99. The second-order valence-corrected chi connectivity index (χ2v) is 6.05. The molecule has 7 heteroatoms. The van der Waals surface area contributed by atoms with Gasteiger partial charge in [-0.2, -0.15) is 5.26 Å². The molecule has 0 unspecified atom stereocenters. The first-order chi connectivity index (χ1) is 11.4. The van der Waals surface area contributed by atoms with E-state index in [-0.39, 0.29) is 11.3 Å². The molecule has 120 valence electrons. The zero-order valence-electron chi connectivity index (χ0n) is 12.7. The molecule has 6 nitrogen and oxygen atoms in total. The molecule has 24 heavy (non-hydrogen) atoms. The first-order valence-corrected chi connectivity index (χ1v) is 7.67. The van der Waals surface area contributed by atoms with Crippen molar-refractivity contribution >= 4 is 29.4 Å². The molecule has 0 bridgehead atoms. The molecule has 0 aliphatic heterocycles. The summed E-state index contributed by atoms with van der Waals surface area (Å²) in [5, 5.41) is 20.2. The Labute approximate surface area is 142 Å². The molecule has 0 heterocycles. The largest absolute Gasteiger partial charge is 0.365 e. The van der Waals surface area contributed by atoms with Crippen molar-refractivity contribution in [3.8, 4) is 6.07 Å². The molecule has 0 radical (unpaired) electrons. The summed E-state index contributed by atoms with van der Waals surface area (Å²) in [6, 6.07) is 13.8. The van der Waals surface area contributed by atoms with Crippen molar-refractivity contribution in [3.63, 3.8) is 0 Å². The molecule has 0 aliphatic carbocycles. The van der Waals surface area contributed by atoms with E-state index in [0.717, 1.165) is 10.5 Å². The third kappa shape index (κ3) is 4.21. The predicted molar refractivity (Wildman–Crippen MR) is 91.2 cm³/mol. The van der Waals surface area contributed by atoms with Crippen molar-refractivity contribution in [2.45, 2.75) is 16.7 Å². The maximum absolute atomic E-state index is 11.3. The average molecular weight is 339 g/mol. The molecule has 0 spiro atoms. The Balaban J connectivity index is 2.40. The lowest BCUT2D eigenvalue weighted by Gasteiger charge is -2.05. The fourth-order valence-corrected chi connectivity index (χ4v) is 2.81. The summed E-state index contributed by atoms with van der Waals surface area (Å²) in [6.45, 7) is 1.96. The highest BCUT2D eigenvalue weighted by Gasteiger charge is 2.16. The van der Waals surface area contributed by atoms with Crippen LogP contribution in [0.5, 0.6) is 0 Å². The lowest BCUT2D eigenvalue weighted by atomic mass is 10.1. The highest BCUT2D eigenvalue weighted by atomic mass is 32.2. The fraction of sp³-hybridized carbons (Fsp3) is 0.0588. The van der Waals surface area contributed by atoms with Crippen molar-refractivity contribution < 1.29 is 9.72 Å². The van der Waals surface area contributed by atoms with Gasteiger partial charge in [-0.1, -0.05) is 35.5 Å². The topological polar surface area (TPSA) is 110 Å². The van der Waals surface area contributed by atoms with E-state index in [9.17, 15) is 14.9 Å². The first-order valence-electron chi connectivity index (χ1n) is 6.85. The summed E-state index contributed by atoms with van der Waals surface area (Å²) in [6.07, 6.45) is 1.23. The quantitative estimate of drug-likeness (QED) is 0.388. The highest BCUT2D eigenvalue weighted by Crippen LogP contribution is 2.35. The maximum Gasteiger partial charge on any atom is 0.283 e. The summed E-state index contributed by atoms with van der Waals surface area (Å²) >= 11 is 1.27. The van der Waals surface area contributed by atoms with E-state index in [1.54, 1.807) is 18.2 Å². The molecule has 0 aliphatic rings. The van der Waals surface area contributed by atoms with E-state index in [1.165, 1.54) is 23.9 Å². The van der Waals surface area contributed by atoms with Crippen LogP contribution in [-0.4, -0.2) is 10.8 Å². The number of carbonyl (C=O) groups excluding carboxylic acids is 1. The standard InChI is InChI=1S/C17H13N3O3S/c1-11-2-5-14(6-3-11)24-16-7-4-12(9-15(16)20(22)23)8-13(10-18)17(19)21/h2-9H,1H3,(H2,19,21)/b13-8-. The van der Waals surface area contributed by atoms with Gasteiger partial charge in [0, 0.05) is 11.0 Å². The van der Waals surface area contributed by atoms with Gasteiger partial charge in [0.2, 0.25) is 0 Å². The van der Waals surface area contributed by atoms with Gasteiger partial charge < -0.3 is 5.73 Å². The molecule has 2 rings (SSSR count). The maximum atomic E-state index is 11.3. The van der Waals surface area contributed by atoms with Gasteiger partial charge in [0.1, 0.15) is 11.6 Å². The van der Waals surface area contributed by atoms with Crippen LogP contribution in [0.15, 0.2) is 57.8 Å². The van der Waals surface area contributed by atoms with Crippen molar-refractivity contribution in [1.29, 1.82) is 5.26 Å². The van der Waals surface area contributed by atoms with Crippen LogP contribution in [0.4, 0.5) is 5.69 Å². The van der Waals surface area contributed by atoms with Crippen LogP contribution < -0.4 is 5.73 Å². The van der Waals surface area contributed by atoms with E-state index in [2.05, 4.69) is 0 Å². The molecule has 0 aromatic heterocycles. The van der Waals surface area contributed by atoms with Crippen molar-refractivity contribution in [2.24, 2.45) is 5.73 Å². The van der Waals surface area contributed by atoms with Crippen molar-refractivity contribution in [1.82, 2.24) is 0 Å². The van der Waals surface area contributed by atoms with Gasteiger partial charge in [-0.05, 0) is 36.8 Å². The van der Waals surface area contributed by atoms with E-state index < -0.39 is 10.8 Å². The molecule has 0 saturated carbocycles. The monoisotopic (exact) mass is 339 g/mol. The van der Waals surface area contributed by atoms with E-state index in [0.29, 0.717) is 10.5 Å². The van der Waals surface area contributed by atoms with E-state index in [4.69, 9.17) is 11.0 Å². The zero-order chi connectivity index (χ0) is 17.7. The van der Waals surface area contributed by atoms with Crippen LogP contribution in [0, 0.1) is 28.4 Å². The fourth-order valence-electron chi connectivity index (χ4n) is 1.91. The first kappa shape index (κ1) is 17.2. The van der Waals surface area contributed by atoms with Crippen LogP contribution in [0.3, 0.4) is 0 Å². The summed E-state index contributed by atoms with van der Waals surface area (Å²) in [5.74, 6) is -0.877. The number of aryl methyl sites for hydroxylation is 1. The molecule has 2 aromatic carbocycles. The zero-order valence-corrected chi connectivity index (χ0v) is 13.5. The molecular formula is C17H13N3O3S. The number of benzene rings is 2. The van der Waals surface area contributed by atoms with E-state index in [1.807, 2.05) is 31.2 Å². The molecule has 2 aromatic rings. The minimum absolute atomic E-state index is 0.101. The minimum atomic E-state index is -0.877. The summed E-state index contributed by atoms with van der Waals surface area (Å²) < 4.78 is 0. The van der Waals surface area contributed by atoms with Gasteiger partial charge in [-0.25, -0.2) is 0 Å². The Morgan fingerprint density at radius 3 is 2.50 bits per heavy atom. The van der Waals surface area contributed by atoms with Crippen LogP contribution in [0.2, 0.25) is 0 Å². The molecule has 0 atom stereocenters. The Morgan fingerprint density at radius 1 is 1.29 bits per heavy atom. The smallest absolute Gasteiger partial charge is 0.283 e. The third-order valence-electron chi connectivity index (χ3n) is 3.13. The number of rotatable bonds is 5. The number of primary amides is 1. The van der Waals surface area contributed by atoms with Gasteiger partial charge in [0.25, 0.3) is 11.6 Å². The van der Waals surface area contributed by atoms with Gasteiger partial charge in [0.05, 0.1) is 9.82 Å². The van der Waals surface area contributed by atoms with Crippen molar-refractivity contribution in [3.05, 3.63) is 69.3 Å². The average Bonchev–Trinajstić information content (AvgIpc) is 2.55. The summed E-state index contributed by atoms with van der Waals surface area (Å²) in [4.78, 5) is 23.3. The Morgan fingerprint density at radius 2 is 1.96 bits per heavy atom. The van der Waals surface area contributed by atoms with Gasteiger partial charge in [0.15, 0.2) is 0 Å². The van der Waals surface area contributed by atoms with Crippen molar-refractivity contribution in [2.75, 3.05) is 0 Å². The number of nitrogens with two attached hydrogens (primary N) is 1. The van der Waals surface area contributed by atoms with Gasteiger partial charge >= 0.3 is 0 Å². The second kappa shape index (κ2) is 7.44. The molecular weight excluding hydrogens is 326 g/mol. The Kier molecular flexibility index (Phi) is 5.35. The van der Waals surface area contributed by atoms with Crippen LogP contribution in [0.1, 0.15) is 11.1 Å². The Bertz CT molecular complexity index is 868. The predicted octanol–water partition coefficient (Wildman–Crippen LogP) is 3.45. The number of hydrogen-bond donors (Lipinski definition) is 1. The normalized spacial score (nSPS) is 10.9. The number of carbonyl (C=O) groups is 1. The van der Waals surface area contributed by atoms with Gasteiger partial charge in [-0.3, -0.25) is 14.9 Å². The Hall–Kier alpha value is -3.11. The molecule has 0 saturated heterocycles. The van der Waals surface area contributed by atoms with Gasteiger partial charge in [-0.15, -0.1) is 0 Å². The SMILES string of the molecule is Cc1ccc(Sc2ccc(/C=C(/C#N)C(N)=O)cc2[N+](=O)[O-])cc1. The third-order valence-corrected chi connectivity index (χ3v) is 4.20. The number of nitro groups is 1. The van der Waals surface area contributed by atoms with Crippen LogP contribution in [0.25, 0.3) is 6.08 Å². The second-order valence-electron chi connectivity index (χ2n) is 4.93. The number of nitrogens with zero attached hydrogens (tertiary/aromatic N) is 2. The molecule has 1 amide bonds. The minimum Gasteiger partial charge on any atom is -0.365 e. The summed E-state index contributed by atoms with van der Waals surface area (Å²) in [7, 11) is 0. The number of amides is 1. The number of nitriles is 1. The molecule has 0 fully saturated rings. The van der Waals surface area contributed by atoms with Crippen LogP contribution in [-0.2, 0) is 4.79 Å². The summed E-state index contributed by atoms with van der Waals surface area (Å²) in [5.41, 5.74) is 6.18. The lowest BCUT2D eigenvalue weighted by molar-refractivity contribution is -0.387. The lowest BCUT2D eigenvalue weighted by Crippen LogP contribution is -2.12. The van der Waals surface area contributed by atoms with Crippen LogP contribution >= 0.6 is 11.8 Å². The molecule has 2 N–H and O–H groups in total. The number of nitro benzene ring substituents is 1. The number of hydrogen-bond acceptors (Lipinski definition) is 5. The van der Waals surface area contributed by atoms with E-state index >= 15 is 0 Å².